The summed E-state index contributed by atoms with van der Waals surface area (Å²) in [4.78, 5) is 38.5. The Labute approximate surface area is 169 Å². The van der Waals surface area contributed by atoms with E-state index >= 15 is 0 Å². The third-order valence-corrected chi connectivity index (χ3v) is 6.47. The van der Waals surface area contributed by atoms with E-state index in [0.29, 0.717) is 43.2 Å². The van der Waals surface area contributed by atoms with Gasteiger partial charge in [0.25, 0.3) is 5.91 Å². The van der Waals surface area contributed by atoms with Gasteiger partial charge < -0.3 is 20.3 Å². The van der Waals surface area contributed by atoms with E-state index in [9.17, 15) is 14.4 Å². The highest BCUT2D eigenvalue weighted by atomic mass is 16.5. The maximum atomic E-state index is 13.2. The quantitative estimate of drug-likeness (QED) is 0.620. The molecule has 4 aliphatic rings. The van der Waals surface area contributed by atoms with Gasteiger partial charge in [0.05, 0.1) is 13.2 Å². The zero-order valence-corrected chi connectivity index (χ0v) is 16.3. The number of imide groups is 1. The van der Waals surface area contributed by atoms with Crippen molar-refractivity contribution in [1.29, 1.82) is 0 Å². The van der Waals surface area contributed by atoms with Crippen LogP contribution in [0.4, 0.5) is 0 Å². The van der Waals surface area contributed by atoms with Gasteiger partial charge in [0.2, 0.25) is 11.8 Å². The lowest BCUT2D eigenvalue weighted by molar-refractivity contribution is -0.136. The number of carbonyl (C=O) groups is 3. The molecule has 8 heteroatoms. The highest BCUT2D eigenvalue weighted by molar-refractivity contribution is 6.05. The normalized spacial score (nSPS) is 31.6. The minimum Gasteiger partial charge on any atom is -0.378 e. The van der Waals surface area contributed by atoms with E-state index in [1.165, 1.54) is 0 Å². The van der Waals surface area contributed by atoms with Crippen LogP contribution in [-0.2, 0) is 27.4 Å². The number of morpholine rings is 1. The molecule has 5 rings (SSSR count). The zero-order valence-electron chi connectivity index (χ0n) is 16.3. The van der Waals surface area contributed by atoms with Crippen molar-refractivity contribution in [2.75, 3.05) is 13.2 Å². The molecule has 3 amide bonds. The summed E-state index contributed by atoms with van der Waals surface area (Å²) in [7, 11) is 0. The second kappa shape index (κ2) is 7.51. The number of hydrogen-bond donors (Lipinski definition) is 3. The SMILES string of the molecule is O=C1CCC(N2Cc3cccc(CNC4C[C@H]5COC[C@@H](C4)N5)c3C2=O)C(=O)N1. The van der Waals surface area contributed by atoms with E-state index in [-0.39, 0.29) is 24.1 Å². The predicted octanol–water partition coefficient (Wildman–Crippen LogP) is 0.0566. The molecule has 8 nitrogen and oxygen atoms in total. The van der Waals surface area contributed by atoms with Crippen molar-refractivity contribution >= 4 is 17.7 Å². The summed E-state index contributed by atoms with van der Waals surface area (Å²) in [6, 6.07) is 6.53. The van der Waals surface area contributed by atoms with Crippen LogP contribution in [0.2, 0.25) is 0 Å². The van der Waals surface area contributed by atoms with Crippen LogP contribution in [0.15, 0.2) is 18.2 Å². The van der Waals surface area contributed by atoms with Gasteiger partial charge in [0.15, 0.2) is 0 Å². The molecule has 2 unspecified atom stereocenters. The smallest absolute Gasteiger partial charge is 0.255 e. The van der Waals surface area contributed by atoms with Crippen molar-refractivity contribution in [3.05, 3.63) is 34.9 Å². The molecule has 2 bridgehead atoms. The average Bonchev–Trinajstić information content (AvgIpc) is 3.03. The van der Waals surface area contributed by atoms with Crippen molar-refractivity contribution in [3.8, 4) is 0 Å². The molecule has 0 radical (unpaired) electrons. The molecule has 4 aliphatic heterocycles. The number of ether oxygens (including phenoxy) is 1. The highest BCUT2D eigenvalue weighted by Gasteiger charge is 2.40. The molecule has 3 fully saturated rings. The van der Waals surface area contributed by atoms with E-state index in [0.717, 1.165) is 37.2 Å². The Morgan fingerprint density at radius 1 is 1.14 bits per heavy atom. The Morgan fingerprint density at radius 2 is 1.93 bits per heavy atom. The first-order valence-corrected chi connectivity index (χ1v) is 10.4. The monoisotopic (exact) mass is 398 g/mol. The summed E-state index contributed by atoms with van der Waals surface area (Å²) in [5.41, 5.74) is 2.64. The lowest BCUT2D eigenvalue weighted by Crippen LogP contribution is -2.57. The van der Waals surface area contributed by atoms with E-state index in [1.54, 1.807) is 4.90 Å². The van der Waals surface area contributed by atoms with Crippen LogP contribution in [0, 0.1) is 0 Å². The fourth-order valence-corrected chi connectivity index (χ4v) is 5.10. The summed E-state index contributed by atoms with van der Waals surface area (Å²) >= 11 is 0. The Hall–Kier alpha value is -2.29. The van der Waals surface area contributed by atoms with Crippen LogP contribution in [-0.4, -0.2) is 60.0 Å². The van der Waals surface area contributed by atoms with Crippen LogP contribution >= 0.6 is 0 Å². The number of benzene rings is 1. The molecule has 4 atom stereocenters. The van der Waals surface area contributed by atoms with E-state index < -0.39 is 6.04 Å². The maximum absolute atomic E-state index is 13.2. The van der Waals surface area contributed by atoms with Gasteiger partial charge in [0, 0.05) is 43.2 Å². The number of carbonyl (C=O) groups excluding carboxylic acids is 3. The first-order valence-electron chi connectivity index (χ1n) is 10.4. The van der Waals surface area contributed by atoms with Crippen LogP contribution < -0.4 is 16.0 Å². The minimum absolute atomic E-state index is 0.109. The number of nitrogens with one attached hydrogen (secondary N) is 3. The largest absolute Gasteiger partial charge is 0.378 e. The zero-order chi connectivity index (χ0) is 20.0. The number of amides is 3. The van der Waals surface area contributed by atoms with Crippen molar-refractivity contribution in [2.45, 2.75) is 62.9 Å². The molecular weight excluding hydrogens is 372 g/mol. The van der Waals surface area contributed by atoms with E-state index in [2.05, 4.69) is 16.0 Å². The number of fused-ring (bicyclic) bond motifs is 3. The fourth-order valence-electron chi connectivity index (χ4n) is 5.10. The first kappa shape index (κ1) is 18.7. The second-order valence-corrected chi connectivity index (χ2v) is 8.50. The van der Waals surface area contributed by atoms with Gasteiger partial charge >= 0.3 is 0 Å². The van der Waals surface area contributed by atoms with Crippen LogP contribution in [0.1, 0.15) is 47.2 Å². The van der Waals surface area contributed by atoms with Gasteiger partial charge in [-0.2, -0.15) is 0 Å². The predicted molar refractivity (Wildman–Crippen MR) is 104 cm³/mol. The third kappa shape index (κ3) is 3.56. The Balaban J connectivity index is 1.29. The van der Waals surface area contributed by atoms with Crippen molar-refractivity contribution < 1.29 is 19.1 Å². The molecule has 0 aliphatic carbocycles. The molecule has 0 saturated carbocycles. The molecule has 0 spiro atoms. The van der Waals surface area contributed by atoms with Crippen molar-refractivity contribution in [1.82, 2.24) is 20.9 Å². The van der Waals surface area contributed by atoms with Gasteiger partial charge in [-0.15, -0.1) is 0 Å². The summed E-state index contributed by atoms with van der Waals surface area (Å²) in [5, 5.41) is 9.58. The summed E-state index contributed by atoms with van der Waals surface area (Å²) in [6.45, 7) is 2.57. The lowest BCUT2D eigenvalue weighted by atomic mass is 9.92. The first-order chi connectivity index (χ1) is 14.1. The number of piperidine rings is 2. The Bertz CT molecular complexity index is 845. The summed E-state index contributed by atoms with van der Waals surface area (Å²) in [6.07, 6.45) is 2.69. The third-order valence-electron chi connectivity index (χ3n) is 6.47. The molecule has 1 aromatic rings. The topological polar surface area (TPSA) is 99.8 Å². The maximum Gasteiger partial charge on any atom is 0.255 e. The van der Waals surface area contributed by atoms with Crippen molar-refractivity contribution in [2.24, 2.45) is 0 Å². The van der Waals surface area contributed by atoms with E-state index in [1.807, 2.05) is 18.2 Å². The van der Waals surface area contributed by atoms with Gasteiger partial charge in [-0.3, -0.25) is 19.7 Å². The standard InChI is InChI=1S/C21H26N4O4/c26-18-5-4-17(20(27)24-18)25-9-13-3-1-2-12(19(13)21(25)28)8-22-14-6-15-10-29-11-16(7-14)23-15/h1-3,14-17,22-23H,4-11H2,(H,24,26,27)/t14?,15-,16+,17?. The van der Waals surface area contributed by atoms with Gasteiger partial charge in [-0.1, -0.05) is 18.2 Å². The minimum atomic E-state index is -0.572. The van der Waals surface area contributed by atoms with Gasteiger partial charge in [-0.05, 0) is 30.4 Å². The van der Waals surface area contributed by atoms with Crippen LogP contribution in [0.25, 0.3) is 0 Å². The molecule has 29 heavy (non-hydrogen) atoms. The molecular formula is C21H26N4O4. The molecule has 154 valence electrons. The summed E-state index contributed by atoms with van der Waals surface area (Å²) < 4.78 is 5.61. The fraction of sp³-hybridized carbons (Fsp3) is 0.571. The van der Waals surface area contributed by atoms with Crippen LogP contribution in [0.5, 0.6) is 0 Å². The summed E-state index contributed by atoms with van der Waals surface area (Å²) in [5.74, 6) is -0.745. The number of rotatable bonds is 4. The molecule has 3 N–H and O–H groups in total. The molecule has 0 aromatic heterocycles. The Morgan fingerprint density at radius 3 is 2.69 bits per heavy atom. The Kier molecular flexibility index (Phi) is 4.85. The van der Waals surface area contributed by atoms with Gasteiger partial charge in [-0.25, -0.2) is 0 Å². The second-order valence-electron chi connectivity index (χ2n) is 8.50. The van der Waals surface area contributed by atoms with E-state index in [4.69, 9.17) is 4.74 Å². The lowest BCUT2D eigenvalue weighted by Gasteiger charge is -2.40. The highest BCUT2D eigenvalue weighted by Crippen LogP contribution is 2.30. The molecule has 4 heterocycles. The molecule has 1 aromatic carbocycles. The van der Waals surface area contributed by atoms with Gasteiger partial charge in [0.1, 0.15) is 6.04 Å². The van der Waals surface area contributed by atoms with Crippen molar-refractivity contribution in [3.63, 3.8) is 0 Å². The number of nitrogens with zero attached hydrogens (tertiary/aromatic N) is 1. The average molecular weight is 398 g/mol. The molecule has 3 saturated heterocycles. The number of hydrogen-bond acceptors (Lipinski definition) is 6. The van der Waals surface area contributed by atoms with Crippen LogP contribution in [0.3, 0.4) is 0 Å².